The molecule has 0 spiro atoms. The van der Waals surface area contributed by atoms with Crippen molar-refractivity contribution in [2.45, 2.75) is 31.5 Å². The van der Waals surface area contributed by atoms with E-state index in [-0.39, 0.29) is 37.0 Å². The molecule has 1 aromatic heterocycles. The predicted molar refractivity (Wildman–Crippen MR) is 167 cm³/mol. The molecule has 2 amide bonds. The maximum Gasteiger partial charge on any atom is 0.256 e. The molecule has 2 heterocycles. The number of nitrogens with zero attached hydrogens (tertiary/aromatic N) is 3. The molecule has 4 aromatic carbocycles. The highest BCUT2D eigenvalue weighted by atomic mass is 16.3. The van der Waals surface area contributed by atoms with Crippen molar-refractivity contribution in [2.24, 2.45) is 13.0 Å². The van der Waals surface area contributed by atoms with Crippen LogP contribution in [0.5, 0.6) is 0 Å². The molecule has 1 N–H and O–H groups in total. The highest BCUT2D eigenvalue weighted by molar-refractivity contribution is 6.10. The summed E-state index contributed by atoms with van der Waals surface area (Å²) in [6.45, 7) is 0.391. The van der Waals surface area contributed by atoms with Crippen molar-refractivity contribution in [3.8, 4) is 0 Å². The molecule has 0 aliphatic carbocycles. The summed E-state index contributed by atoms with van der Waals surface area (Å²) in [4.78, 5) is 45.5. The highest BCUT2D eigenvalue weighted by Crippen LogP contribution is 2.30. The lowest BCUT2D eigenvalue weighted by molar-refractivity contribution is -0.142. The first-order valence-corrected chi connectivity index (χ1v) is 14.6. The van der Waals surface area contributed by atoms with Gasteiger partial charge in [-0.2, -0.15) is 0 Å². The van der Waals surface area contributed by atoms with Gasteiger partial charge in [0.15, 0.2) is 5.78 Å². The van der Waals surface area contributed by atoms with Gasteiger partial charge in [0.25, 0.3) is 5.91 Å². The maximum absolute atomic E-state index is 14.4. The second kappa shape index (κ2) is 11.9. The Bertz CT molecular complexity index is 1810. The standard InChI is InChI=1S/C36H35N3O4/c1-37-23-31(29-14-8-9-15-32(29)37)36(43)39-22-28(40)20-33(39)34(41)30(35(42)38(2)21-24-10-4-3-5-11-24)19-25-16-17-26-12-6-7-13-27(26)18-25/h3-18,23,28,30,33,40H,19-22H2,1-2H3. The van der Waals surface area contributed by atoms with Gasteiger partial charge in [0, 0.05) is 50.7 Å². The van der Waals surface area contributed by atoms with E-state index >= 15 is 0 Å². The lowest BCUT2D eigenvalue weighted by Crippen LogP contribution is -2.47. The Balaban J connectivity index is 1.33. The number of para-hydroxylation sites is 1. The van der Waals surface area contributed by atoms with Crippen LogP contribution in [0.4, 0.5) is 0 Å². The minimum absolute atomic E-state index is 0.0369. The van der Waals surface area contributed by atoms with Gasteiger partial charge in [0.05, 0.1) is 17.7 Å². The van der Waals surface area contributed by atoms with Crippen LogP contribution in [-0.4, -0.2) is 62.8 Å². The number of Topliss-reactive ketones (excluding diaryl/α,β-unsaturated/α-hetero) is 1. The average molecular weight is 574 g/mol. The van der Waals surface area contributed by atoms with Gasteiger partial charge in [-0.1, -0.05) is 91.0 Å². The first-order valence-electron chi connectivity index (χ1n) is 14.6. The number of aliphatic hydroxyl groups is 1. The van der Waals surface area contributed by atoms with Crippen LogP contribution < -0.4 is 0 Å². The smallest absolute Gasteiger partial charge is 0.256 e. The van der Waals surface area contributed by atoms with Crippen molar-refractivity contribution in [3.63, 3.8) is 0 Å². The van der Waals surface area contributed by atoms with E-state index in [4.69, 9.17) is 0 Å². The van der Waals surface area contributed by atoms with Gasteiger partial charge in [-0.25, -0.2) is 0 Å². The Hall–Kier alpha value is -4.75. The van der Waals surface area contributed by atoms with E-state index in [2.05, 4.69) is 0 Å². The van der Waals surface area contributed by atoms with Crippen LogP contribution in [0.2, 0.25) is 0 Å². The molecular weight excluding hydrogens is 538 g/mol. The van der Waals surface area contributed by atoms with Crippen molar-refractivity contribution in [1.82, 2.24) is 14.4 Å². The molecule has 1 aliphatic heterocycles. The van der Waals surface area contributed by atoms with Crippen LogP contribution in [-0.2, 0) is 29.6 Å². The Morgan fingerprint density at radius 2 is 1.58 bits per heavy atom. The third-order valence-corrected chi connectivity index (χ3v) is 8.53. The van der Waals surface area contributed by atoms with Gasteiger partial charge in [-0.05, 0) is 34.4 Å². The Morgan fingerprint density at radius 3 is 2.37 bits per heavy atom. The molecule has 1 aliphatic rings. The Labute approximate surface area is 250 Å². The third kappa shape index (κ3) is 5.68. The number of benzene rings is 4. The fourth-order valence-electron chi connectivity index (χ4n) is 6.32. The molecule has 3 unspecified atom stereocenters. The second-order valence-electron chi connectivity index (χ2n) is 11.6. The van der Waals surface area contributed by atoms with E-state index in [0.29, 0.717) is 12.1 Å². The number of ketones is 1. The lowest BCUT2D eigenvalue weighted by Gasteiger charge is -2.29. The van der Waals surface area contributed by atoms with Crippen LogP contribution in [0.25, 0.3) is 21.7 Å². The number of likely N-dealkylation sites (tertiary alicyclic amines) is 1. The molecule has 6 rings (SSSR count). The van der Waals surface area contributed by atoms with Gasteiger partial charge in [-0.3, -0.25) is 14.4 Å². The molecule has 7 heteroatoms. The van der Waals surface area contributed by atoms with Crippen molar-refractivity contribution in [1.29, 1.82) is 0 Å². The molecule has 0 saturated carbocycles. The predicted octanol–water partition coefficient (Wildman–Crippen LogP) is 4.99. The molecule has 1 fully saturated rings. The molecule has 43 heavy (non-hydrogen) atoms. The summed E-state index contributed by atoms with van der Waals surface area (Å²) in [5, 5.41) is 13.6. The third-order valence-electron chi connectivity index (χ3n) is 8.53. The summed E-state index contributed by atoms with van der Waals surface area (Å²) >= 11 is 0. The summed E-state index contributed by atoms with van der Waals surface area (Å²) < 4.78 is 1.89. The topological polar surface area (TPSA) is 82.8 Å². The number of hydrogen-bond donors (Lipinski definition) is 1. The number of rotatable bonds is 8. The van der Waals surface area contributed by atoms with Crippen LogP contribution >= 0.6 is 0 Å². The van der Waals surface area contributed by atoms with Crippen LogP contribution in [0.15, 0.2) is 103 Å². The number of aryl methyl sites for hydroxylation is 1. The quantitative estimate of drug-likeness (QED) is 0.265. The number of amides is 2. The molecule has 0 bridgehead atoms. The van der Waals surface area contributed by atoms with E-state index in [1.54, 1.807) is 18.1 Å². The minimum Gasteiger partial charge on any atom is -0.391 e. The minimum atomic E-state index is -1.02. The van der Waals surface area contributed by atoms with Gasteiger partial charge >= 0.3 is 0 Å². The van der Waals surface area contributed by atoms with Crippen LogP contribution in [0, 0.1) is 5.92 Å². The summed E-state index contributed by atoms with van der Waals surface area (Å²) in [6, 6.07) is 30.3. The van der Waals surface area contributed by atoms with Crippen LogP contribution in [0.1, 0.15) is 27.9 Å². The molecule has 7 nitrogen and oxygen atoms in total. The van der Waals surface area contributed by atoms with Crippen molar-refractivity contribution in [3.05, 3.63) is 120 Å². The number of aromatic nitrogens is 1. The average Bonchev–Trinajstić information content (AvgIpc) is 3.59. The van der Waals surface area contributed by atoms with E-state index in [1.165, 1.54) is 4.90 Å². The molecule has 3 atom stereocenters. The van der Waals surface area contributed by atoms with E-state index in [9.17, 15) is 19.5 Å². The van der Waals surface area contributed by atoms with Gasteiger partial charge in [0.2, 0.25) is 5.91 Å². The Morgan fingerprint density at radius 1 is 0.884 bits per heavy atom. The number of carbonyl (C=O) groups is 3. The fourth-order valence-corrected chi connectivity index (χ4v) is 6.32. The number of carbonyl (C=O) groups excluding carboxylic acids is 3. The second-order valence-corrected chi connectivity index (χ2v) is 11.6. The zero-order chi connectivity index (χ0) is 30.1. The van der Waals surface area contributed by atoms with Crippen molar-refractivity contribution < 1.29 is 19.5 Å². The van der Waals surface area contributed by atoms with E-state index in [0.717, 1.165) is 32.8 Å². The number of β-amino-alcohol motifs (C(OH)–C–C–N with tert-alkyl or cyclic N) is 1. The number of aliphatic hydroxyl groups excluding tert-OH is 1. The van der Waals surface area contributed by atoms with E-state index < -0.39 is 18.1 Å². The number of hydrogen-bond acceptors (Lipinski definition) is 4. The van der Waals surface area contributed by atoms with E-state index in [1.807, 2.05) is 109 Å². The normalized spacial score (nSPS) is 17.3. The summed E-state index contributed by atoms with van der Waals surface area (Å²) in [5.74, 6) is -1.99. The zero-order valence-electron chi connectivity index (χ0n) is 24.4. The molecule has 5 aromatic rings. The number of fused-ring (bicyclic) bond motifs is 2. The molecule has 0 radical (unpaired) electrons. The Kier molecular flexibility index (Phi) is 7.82. The van der Waals surface area contributed by atoms with Crippen LogP contribution in [0.3, 0.4) is 0 Å². The van der Waals surface area contributed by atoms with Crippen molar-refractivity contribution >= 4 is 39.3 Å². The molecular formula is C36H35N3O4. The van der Waals surface area contributed by atoms with Gasteiger partial charge < -0.3 is 19.5 Å². The summed E-state index contributed by atoms with van der Waals surface area (Å²) in [7, 11) is 3.58. The molecule has 1 saturated heterocycles. The van der Waals surface area contributed by atoms with Gasteiger partial charge in [0.1, 0.15) is 5.92 Å². The SMILES string of the molecule is CN(Cc1ccccc1)C(=O)C(Cc1ccc2ccccc2c1)C(=O)C1CC(O)CN1C(=O)c1cn(C)c2ccccc12. The summed E-state index contributed by atoms with van der Waals surface area (Å²) in [5.41, 5.74) is 3.20. The lowest BCUT2D eigenvalue weighted by atomic mass is 9.88. The first-order chi connectivity index (χ1) is 20.8. The maximum atomic E-state index is 14.4. The monoisotopic (exact) mass is 573 g/mol. The van der Waals surface area contributed by atoms with Crippen molar-refractivity contribution in [2.75, 3.05) is 13.6 Å². The highest BCUT2D eigenvalue weighted by Gasteiger charge is 2.44. The fraction of sp³-hybridized carbons (Fsp3) is 0.250. The van der Waals surface area contributed by atoms with Gasteiger partial charge in [-0.15, -0.1) is 0 Å². The largest absolute Gasteiger partial charge is 0.391 e. The zero-order valence-corrected chi connectivity index (χ0v) is 24.4. The molecule has 218 valence electrons. The first kappa shape index (κ1) is 28.4. The summed E-state index contributed by atoms with van der Waals surface area (Å²) in [6.07, 6.45) is 1.21.